The molecular formula is C39H30N2S. The number of anilines is 1. The molecule has 3 heteroatoms. The van der Waals surface area contributed by atoms with Crippen molar-refractivity contribution >= 4 is 34.4 Å². The van der Waals surface area contributed by atoms with Crippen LogP contribution in [-0.4, -0.2) is 4.98 Å². The molecule has 0 saturated carbocycles. The lowest BCUT2D eigenvalue weighted by Crippen LogP contribution is -2.23. The minimum Gasteiger partial charge on any atom is -0.372 e. The Balaban J connectivity index is 1.20. The number of benzene rings is 5. The van der Waals surface area contributed by atoms with Gasteiger partial charge in [-0.15, -0.1) is 0 Å². The van der Waals surface area contributed by atoms with E-state index in [1.54, 1.807) is 0 Å². The number of pyridine rings is 1. The molecule has 5 aromatic carbocycles. The molecule has 8 rings (SSSR count). The van der Waals surface area contributed by atoms with Gasteiger partial charge in [0.15, 0.2) is 0 Å². The predicted molar refractivity (Wildman–Crippen MR) is 177 cm³/mol. The molecule has 0 saturated heterocycles. The van der Waals surface area contributed by atoms with Gasteiger partial charge in [-0.05, 0) is 51.6 Å². The predicted octanol–water partition coefficient (Wildman–Crippen LogP) is 10.5. The lowest BCUT2D eigenvalue weighted by atomic mass is 9.77. The van der Waals surface area contributed by atoms with E-state index in [9.17, 15) is 0 Å². The summed E-state index contributed by atoms with van der Waals surface area (Å²) in [5, 5.41) is 4.91. The third-order valence-electron chi connectivity index (χ3n) is 8.75. The molecule has 0 amide bonds. The second-order valence-corrected chi connectivity index (χ2v) is 12.7. The van der Waals surface area contributed by atoms with Crippen LogP contribution in [0.2, 0.25) is 0 Å². The van der Waals surface area contributed by atoms with Crippen LogP contribution in [0.5, 0.6) is 0 Å². The molecule has 1 atom stereocenters. The van der Waals surface area contributed by atoms with Crippen LogP contribution in [0.15, 0.2) is 137 Å². The van der Waals surface area contributed by atoms with Gasteiger partial charge in [0.25, 0.3) is 0 Å². The number of hydrogen-bond donors (Lipinski definition) is 1. The third-order valence-corrected chi connectivity index (χ3v) is 9.97. The maximum Gasteiger partial charge on any atom is 0.0947 e. The summed E-state index contributed by atoms with van der Waals surface area (Å²) in [6, 6.07) is 43.9. The summed E-state index contributed by atoms with van der Waals surface area (Å²) in [4.78, 5) is 7.95. The molecule has 3 heterocycles. The largest absolute Gasteiger partial charge is 0.372 e. The summed E-state index contributed by atoms with van der Waals surface area (Å²) < 4.78 is 0. The fraction of sp³-hybridized carbons (Fsp3) is 0.103. The maximum absolute atomic E-state index is 5.26. The molecule has 2 aliphatic heterocycles. The van der Waals surface area contributed by atoms with Gasteiger partial charge in [0, 0.05) is 26.2 Å². The van der Waals surface area contributed by atoms with Crippen molar-refractivity contribution in [3.63, 3.8) is 0 Å². The number of nitrogens with zero attached hydrogens (tertiary/aromatic N) is 1. The normalized spacial score (nSPS) is 16.3. The first kappa shape index (κ1) is 25.1. The first-order valence-corrected chi connectivity index (χ1v) is 15.3. The van der Waals surface area contributed by atoms with Gasteiger partial charge in [-0.3, -0.25) is 0 Å². The van der Waals surface area contributed by atoms with Gasteiger partial charge >= 0.3 is 0 Å². The van der Waals surface area contributed by atoms with Crippen LogP contribution in [0.1, 0.15) is 42.1 Å². The van der Waals surface area contributed by atoms with Crippen molar-refractivity contribution in [2.24, 2.45) is 0 Å². The maximum atomic E-state index is 5.26. The zero-order chi connectivity index (χ0) is 28.3. The molecule has 202 valence electrons. The highest BCUT2D eigenvalue weighted by atomic mass is 32.2. The SMILES string of the molecule is CC1(C)c2ccccc2Sc2c(-c3cccc(-c4ccc5ccc6c(c5n4)NC(c4ccccc4)C=C6)c3)cccc21. The van der Waals surface area contributed by atoms with E-state index >= 15 is 0 Å². The van der Waals surface area contributed by atoms with E-state index in [-0.39, 0.29) is 11.5 Å². The van der Waals surface area contributed by atoms with E-state index in [2.05, 4.69) is 153 Å². The van der Waals surface area contributed by atoms with Crippen LogP contribution in [0.25, 0.3) is 39.4 Å². The highest BCUT2D eigenvalue weighted by Crippen LogP contribution is 2.52. The van der Waals surface area contributed by atoms with Crippen molar-refractivity contribution in [1.29, 1.82) is 0 Å². The van der Waals surface area contributed by atoms with Gasteiger partial charge in [-0.1, -0.05) is 141 Å². The van der Waals surface area contributed by atoms with E-state index in [1.807, 2.05) is 11.8 Å². The Hall–Kier alpha value is -4.60. The van der Waals surface area contributed by atoms with Crippen molar-refractivity contribution < 1.29 is 0 Å². The fourth-order valence-electron chi connectivity index (χ4n) is 6.45. The minimum absolute atomic E-state index is 0.0527. The number of fused-ring (bicyclic) bond motifs is 5. The summed E-state index contributed by atoms with van der Waals surface area (Å²) >= 11 is 1.89. The Morgan fingerprint density at radius 3 is 2.38 bits per heavy atom. The lowest BCUT2D eigenvalue weighted by molar-refractivity contribution is 0.608. The van der Waals surface area contributed by atoms with Gasteiger partial charge in [0.1, 0.15) is 0 Å². The molecule has 0 spiro atoms. The smallest absolute Gasteiger partial charge is 0.0947 e. The van der Waals surface area contributed by atoms with Gasteiger partial charge in [0.2, 0.25) is 0 Å². The number of hydrogen-bond acceptors (Lipinski definition) is 3. The average Bonchev–Trinajstić information content (AvgIpc) is 3.04. The van der Waals surface area contributed by atoms with Gasteiger partial charge in [-0.25, -0.2) is 4.98 Å². The molecule has 0 bridgehead atoms. The van der Waals surface area contributed by atoms with Crippen LogP contribution >= 0.6 is 11.8 Å². The summed E-state index contributed by atoms with van der Waals surface area (Å²) in [7, 11) is 0. The first-order valence-electron chi connectivity index (χ1n) is 14.5. The molecule has 6 aromatic rings. The van der Waals surface area contributed by atoms with Crippen LogP contribution in [0, 0.1) is 0 Å². The molecule has 0 radical (unpaired) electrons. The highest BCUT2D eigenvalue weighted by molar-refractivity contribution is 7.99. The van der Waals surface area contributed by atoms with Gasteiger partial charge in [0.05, 0.1) is 22.9 Å². The third kappa shape index (κ3) is 4.07. The monoisotopic (exact) mass is 558 g/mol. The molecular weight excluding hydrogens is 529 g/mol. The van der Waals surface area contributed by atoms with E-state index in [0.717, 1.165) is 27.8 Å². The molecule has 0 aliphatic carbocycles. The van der Waals surface area contributed by atoms with Gasteiger partial charge in [-0.2, -0.15) is 0 Å². The van der Waals surface area contributed by atoms with E-state index in [1.165, 1.54) is 43.2 Å². The first-order chi connectivity index (χ1) is 20.6. The van der Waals surface area contributed by atoms with Crippen molar-refractivity contribution in [3.05, 3.63) is 150 Å². The summed E-state index contributed by atoms with van der Waals surface area (Å²) in [5.74, 6) is 0. The quantitative estimate of drug-likeness (QED) is 0.234. The fourth-order valence-corrected chi connectivity index (χ4v) is 7.98. The second kappa shape index (κ2) is 9.75. The number of aromatic nitrogens is 1. The molecule has 1 N–H and O–H groups in total. The Morgan fingerprint density at radius 2 is 1.48 bits per heavy atom. The highest BCUT2D eigenvalue weighted by Gasteiger charge is 2.34. The summed E-state index contributed by atoms with van der Waals surface area (Å²) in [5.41, 5.74) is 11.8. The zero-order valence-electron chi connectivity index (χ0n) is 23.6. The van der Waals surface area contributed by atoms with Crippen LogP contribution in [0.4, 0.5) is 5.69 Å². The molecule has 2 aliphatic rings. The van der Waals surface area contributed by atoms with Crippen LogP contribution < -0.4 is 5.32 Å². The van der Waals surface area contributed by atoms with Crippen LogP contribution in [-0.2, 0) is 5.41 Å². The van der Waals surface area contributed by atoms with E-state index < -0.39 is 0 Å². The number of rotatable bonds is 3. The Kier molecular flexibility index (Phi) is 5.84. The second-order valence-electron chi connectivity index (χ2n) is 11.7. The summed E-state index contributed by atoms with van der Waals surface area (Å²) in [6.45, 7) is 4.69. The molecule has 1 unspecified atom stereocenters. The van der Waals surface area contributed by atoms with Crippen molar-refractivity contribution in [1.82, 2.24) is 4.98 Å². The Morgan fingerprint density at radius 1 is 0.714 bits per heavy atom. The summed E-state index contributed by atoms with van der Waals surface area (Å²) in [6.07, 6.45) is 4.45. The molecule has 2 nitrogen and oxygen atoms in total. The Labute approximate surface area is 251 Å². The van der Waals surface area contributed by atoms with Crippen molar-refractivity contribution in [3.8, 4) is 22.4 Å². The van der Waals surface area contributed by atoms with E-state index in [0.29, 0.717) is 0 Å². The minimum atomic E-state index is -0.0527. The Bertz CT molecular complexity index is 2020. The molecule has 0 fully saturated rings. The average molecular weight is 559 g/mol. The van der Waals surface area contributed by atoms with E-state index in [4.69, 9.17) is 4.98 Å². The van der Waals surface area contributed by atoms with Crippen LogP contribution in [0.3, 0.4) is 0 Å². The molecule has 42 heavy (non-hydrogen) atoms. The molecule has 1 aromatic heterocycles. The van der Waals surface area contributed by atoms with Crippen molar-refractivity contribution in [2.75, 3.05) is 5.32 Å². The topological polar surface area (TPSA) is 24.9 Å². The van der Waals surface area contributed by atoms with Gasteiger partial charge < -0.3 is 5.32 Å². The van der Waals surface area contributed by atoms with Crippen molar-refractivity contribution in [2.45, 2.75) is 35.1 Å². The number of nitrogens with one attached hydrogen (secondary N) is 1. The lowest BCUT2D eigenvalue weighted by Gasteiger charge is -2.35. The standard InChI is InChI=1S/C39H30N2S/c1-39(2)31-15-6-7-17-35(31)42-38-30(14-9-16-32(38)39)28-12-8-13-29(24-28)34-23-21-27-19-18-26-20-22-33(25-10-4-3-5-11-25)40-36(26)37(27)41-34/h3-24,33,40H,1-2H3. The zero-order valence-corrected chi connectivity index (χ0v) is 24.5.